The Morgan fingerprint density at radius 2 is 2.25 bits per heavy atom. The average molecular weight is 217 g/mol. The van der Waals surface area contributed by atoms with Crippen molar-refractivity contribution in [3.05, 3.63) is 23.9 Å². The molecule has 2 aliphatic rings. The van der Waals surface area contributed by atoms with E-state index in [0.29, 0.717) is 0 Å². The van der Waals surface area contributed by atoms with Crippen LogP contribution in [0.3, 0.4) is 0 Å². The molecule has 3 heteroatoms. The van der Waals surface area contributed by atoms with Crippen molar-refractivity contribution in [2.24, 2.45) is 5.92 Å². The minimum atomic E-state index is 0.929. The summed E-state index contributed by atoms with van der Waals surface area (Å²) in [6, 6.07) is 4.26. The lowest BCUT2D eigenvalue weighted by Crippen LogP contribution is -2.31. The SMILES string of the molecule is CN1CCN(CC2CC2)c2ncccc2C1. The van der Waals surface area contributed by atoms with E-state index in [1.165, 1.54) is 30.8 Å². The Morgan fingerprint density at radius 3 is 3.06 bits per heavy atom. The molecule has 0 spiro atoms. The Morgan fingerprint density at radius 1 is 1.38 bits per heavy atom. The lowest BCUT2D eigenvalue weighted by atomic mass is 10.2. The van der Waals surface area contributed by atoms with Gasteiger partial charge in [0.25, 0.3) is 0 Å². The van der Waals surface area contributed by atoms with Crippen LogP contribution in [-0.2, 0) is 6.54 Å². The maximum absolute atomic E-state index is 4.58. The molecular formula is C13H19N3. The van der Waals surface area contributed by atoms with Gasteiger partial charge in [0.2, 0.25) is 0 Å². The lowest BCUT2D eigenvalue weighted by molar-refractivity contribution is 0.341. The van der Waals surface area contributed by atoms with Gasteiger partial charge in [-0.2, -0.15) is 0 Å². The van der Waals surface area contributed by atoms with Gasteiger partial charge >= 0.3 is 0 Å². The van der Waals surface area contributed by atoms with Gasteiger partial charge in [0.1, 0.15) is 5.82 Å². The minimum absolute atomic E-state index is 0.929. The molecule has 1 aliphatic carbocycles. The highest BCUT2D eigenvalue weighted by Crippen LogP contribution is 2.32. The van der Waals surface area contributed by atoms with Gasteiger partial charge in [0, 0.05) is 37.9 Å². The standard InChI is InChI=1S/C13H19N3/c1-15-7-8-16(9-11-4-5-11)13-12(10-15)3-2-6-14-13/h2-3,6,11H,4-5,7-10H2,1H3. The molecule has 1 saturated carbocycles. The van der Waals surface area contributed by atoms with Gasteiger partial charge < -0.3 is 9.80 Å². The molecule has 2 heterocycles. The van der Waals surface area contributed by atoms with Crippen molar-refractivity contribution in [1.82, 2.24) is 9.88 Å². The van der Waals surface area contributed by atoms with Gasteiger partial charge in [-0.05, 0) is 31.9 Å². The monoisotopic (exact) mass is 217 g/mol. The van der Waals surface area contributed by atoms with Gasteiger partial charge in [-0.25, -0.2) is 4.98 Å². The fourth-order valence-electron chi connectivity index (χ4n) is 2.40. The first-order valence-electron chi connectivity index (χ1n) is 6.20. The summed E-state index contributed by atoms with van der Waals surface area (Å²) in [7, 11) is 2.19. The molecule has 86 valence electrons. The van der Waals surface area contributed by atoms with Crippen molar-refractivity contribution >= 4 is 5.82 Å². The molecule has 3 nitrogen and oxygen atoms in total. The zero-order valence-electron chi connectivity index (χ0n) is 9.89. The number of hydrogen-bond acceptors (Lipinski definition) is 3. The number of hydrogen-bond donors (Lipinski definition) is 0. The molecule has 0 unspecified atom stereocenters. The number of nitrogens with zero attached hydrogens (tertiary/aromatic N) is 3. The molecular weight excluding hydrogens is 198 g/mol. The van der Waals surface area contributed by atoms with E-state index in [0.717, 1.165) is 25.6 Å². The third kappa shape index (κ3) is 2.05. The fourth-order valence-corrected chi connectivity index (χ4v) is 2.40. The summed E-state index contributed by atoms with van der Waals surface area (Å²) >= 11 is 0. The molecule has 1 aromatic rings. The largest absolute Gasteiger partial charge is 0.355 e. The predicted octanol–water partition coefficient (Wildman–Crippen LogP) is 1.74. The average Bonchev–Trinajstić information content (AvgIpc) is 3.09. The number of likely N-dealkylation sites (N-methyl/N-ethyl adjacent to an activating group) is 1. The number of anilines is 1. The van der Waals surface area contributed by atoms with E-state index in [1.54, 1.807) is 0 Å². The highest BCUT2D eigenvalue weighted by atomic mass is 15.2. The molecule has 0 atom stereocenters. The van der Waals surface area contributed by atoms with E-state index in [9.17, 15) is 0 Å². The Labute approximate surface area is 97.1 Å². The zero-order valence-corrected chi connectivity index (χ0v) is 9.89. The first-order chi connectivity index (χ1) is 7.83. The van der Waals surface area contributed by atoms with Crippen LogP contribution in [0, 0.1) is 5.92 Å². The van der Waals surface area contributed by atoms with Crippen molar-refractivity contribution in [1.29, 1.82) is 0 Å². The van der Waals surface area contributed by atoms with Crippen molar-refractivity contribution in [3.63, 3.8) is 0 Å². The van der Waals surface area contributed by atoms with Crippen molar-refractivity contribution in [2.45, 2.75) is 19.4 Å². The van der Waals surface area contributed by atoms with Crippen molar-refractivity contribution < 1.29 is 0 Å². The topological polar surface area (TPSA) is 19.4 Å². The molecule has 1 aromatic heterocycles. The molecule has 0 aromatic carbocycles. The third-order valence-electron chi connectivity index (χ3n) is 3.53. The number of aromatic nitrogens is 1. The first kappa shape index (κ1) is 10.1. The molecule has 0 amide bonds. The van der Waals surface area contributed by atoms with Crippen LogP contribution in [0.4, 0.5) is 5.82 Å². The van der Waals surface area contributed by atoms with Crippen LogP contribution < -0.4 is 4.90 Å². The smallest absolute Gasteiger partial charge is 0.133 e. The number of fused-ring (bicyclic) bond motifs is 1. The van der Waals surface area contributed by atoms with E-state index in [2.05, 4.69) is 27.9 Å². The number of rotatable bonds is 2. The van der Waals surface area contributed by atoms with Crippen molar-refractivity contribution in [2.75, 3.05) is 31.6 Å². The maximum Gasteiger partial charge on any atom is 0.133 e. The second-order valence-corrected chi connectivity index (χ2v) is 5.11. The highest BCUT2D eigenvalue weighted by Gasteiger charge is 2.27. The molecule has 16 heavy (non-hydrogen) atoms. The Kier molecular flexibility index (Phi) is 2.56. The summed E-state index contributed by atoms with van der Waals surface area (Å²) in [6.45, 7) is 4.50. The normalized spacial score (nSPS) is 21.7. The van der Waals surface area contributed by atoms with Gasteiger partial charge in [-0.1, -0.05) is 6.07 Å². The first-order valence-corrected chi connectivity index (χ1v) is 6.20. The highest BCUT2D eigenvalue weighted by molar-refractivity contribution is 5.47. The van der Waals surface area contributed by atoms with Crippen LogP contribution in [0.5, 0.6) is 0 Å². The van der Waals surface area contributed by atoms with E-state index in [-0.39, 0.29) is 0 Å². The summed E-state index contributed by atoms with van der Waals surface area (Å²) in [5, 5.41) is 0. The molecule has 3 rings (SSSR count). The predicted molar refractivity (Wildman–Crippen MR) is 65.5 cm³/mol. The van der Waals surface area contributed by atoms with Crippen LogP contribution in [0.1, 0.15) is 18.4 Å². The third-order valence-corrected chi connectivity index (χ3v) is 3.53. The molecule has 0 radical (unpaired) electrons. The van der Waals surface area contributed by atoms with E-state index < -0.39 is 0 Å². The van der Waals surface area contributed by atoms with Gasteiger partial charge in [-0.15, -0.1) is 0 Å². The molecule has 1 fully saturated rings. The molecule has 0 saturated heterocycles. The van der Waals surface area contributed by atoms with Gasteiger partial charge in [-0.3, -0.25) is 0 Å². The zero-order chi connectivity index (χ0) is 11.0. The van der Waals surface area contributed by atoms with E-state index in [1.807, 2.05) is 12.3 Å². The molecule has 0 bridgehead atoms. The second-order valence-electron chi connectivity index (χ2n) is 5.11. The summed E-state index contributed by atoms with van der Waals surface area (Å²) in [6.07, 6.45) is 4.74. The van der Waals surface area contributed by atoms with Gasteiger partial charge in [0.15, 0.2) is 0 Å². The Bertz CT molecular complexity index is 373. The summed E-state index contributed by atoms with van der Waals surface area (Å²) in [5.41, 5.74) is 1.38. The Balaban J connectivity index is 1.87. The second kappa shape index (κ2) is 4.06. The van der Waals surface area contributed by atoms with E-state index in [4.69, 9.17) is 0 Å². The lowest BCUT2D eigenvalue weighted by Gasteiger charge is -2.23. The minimum Gasteiger partial charge on any atom is -0.355 e. The molecule has 0 N–H and O–H groups in total. The maximum atomic E-state index is 4.58. The van der Waals surface area contributed by atoms with Crippen LogP contribution in [0.2, 0.25) is 0 Å². The van der Waals surface area contributed by atoms with Crippen LogP contribution >= 0.6 is 0 Å². The Hall–Kier alpha value is -1.09. The van der Waals surface area contributed by atoms with E-state index >= 15 is 0 Å². The summed E-state index contributed by atoms with van der Waals surface area (Å²) < 4.78 is 0. The summed E-state index contributed by atoms with van der Waals surface area (Å²) in [5.74, 6) is 2.15. The van der Waals surface area contributed by atoms with Crippen LogP contribution in [0.15, 0.2) is 18.3 Å². The fraction of sp³-hybridized carbons (Fsp3) is 0.615. The van der Waals surface area contributed by atoms with Crippen LogP contribution in [0.25, 0.3) is 0 Å². The molecule has 1 aliphatic heterocycles. The van der Waals surface area contributed by atoms with Gasteiger partial charge in [0.05, 0.1) is 0 Å². The number of pyridine rings is 1. The van der Waals surface area contributed by atoms with Crippen molar-refractivity contribution in [3.8, 4) is 0 Å². The summed E-state index contributed by atoms with van der Waals surface area (Å²) in [4.78, 5) is 9.44. The van der Waals surface area contributed by atoms with Crippen LogP contribution in [-0.4, -0.2) is 36.6 Å². The quantitative estimate of drug-likeness (QED) is 0.752.